The first-order valence-corrected chi connectivity index (χ1v) is 6.82. The number of hydrogen-bond donors (Lipinski definition) is 3. The lowest BCUT2D eigenvalue weighted by Crippen LogP contribution is -2.43. The molecule has 3 amide bonds. The van der Waals surface area contributed by atoms with Gasteiger partial charge in [0.15, 0.2) is 0 Å². The van der Waals surface area contributed by atoms with E-state index in [4.69, 9.17) is 17.2 Å². The van der Waals surface area contributed by atoms with Crippen molar-refractivity contribution in [3.05, 3.63) is 21.4 Å². The van der Waals surface area contributed by atoms with Crippen molar-refractivity contribution in [3.8, 4) is 11.8 Å². The van der Waals surface area contributed by atoms with Gasteiger partial charge in [0.1, 0.15) is 13.1 Å². The van der Waals surface area contributed by atoms with Gasteiger partial charge in [-0.1, -0.05) is 11.8 Å². The van der Waals surface area contributed by atoms with Crippen LogP contribution >= 0.6 is 11.3 Å². The third kappa shape index (κ3) is 4.91. The molecule has 1 rings (SSSR count). The fourth-order valence-corrected chi connectivity index (χ4v) is 2.59. The molecule has 0 fully saturated rings. The maximum absolute atomic E-state index is 12.3. The minimum absolute atomic E-state index is 0.218. The summed E-state index contributed by atoms with van der Waals surface area (Å²) in [6.07, 6.45) is 0. The van der Waals surface area contributed by atoms with Crippen LogP contribution in [0.15, 0.2) is 6.07 Å². The summed E-state index contributed by atoms with van der Waals surface area (Å²) in [6.45, 7) is 1.28. The molecule has 0 aliphatic carbocycles. The van der Waals surface area contributed by atoms with Crippen LogP contribution in [0, 0.1) is 18.8 Å². The zero-order valence-corrected chi connectivity index (χ0v) is 12.3. The number of aryl methyl sites for hydroxylation is 1. The lowest BCUT2D eigenvalue weighted by molar-refractivity contribution is -0.121. The summed E-state index contributed by atoms with van der Waals surface area (Å²) < 4.78 is 0. The largest absolute Gasteiger partial charge is 0.368 e. The van der Waals surface area contributed by atoms with E-state index in [1.54, 1.807) is 13.0 Å². The highest BCUT2D eigenvalue weighted by atomic mass is 32.1. The Labute approximate surface area is 126 Å². The van der Waals surface area contributed by atoms with Gasteiger partial charge in [-0.05, 0) is 18.6 Å². The van der Waals surface area contributed by atoms with E-state index in [2.05, 4.69) is 11.8 Å². The molecular formula is C13H16N4O3S. The first kappa shape index (κ1) is 16.7. The summed E-state index contributed by atoms with van der Waals surface area (Å²) in [6, 6.07) is 1.64. The lowest BCUT2D eigenvalue weighted by atomic mass is 10.2. The second-order valence-electron chi connectivity index (χ2n) is 4.22. The summed E-state index contributed by atoms with van der Waals surface area (Å²) >= 11 is 1.17. The van der Waals surface area contributed by atoms with Gasteiger partial charge in [-0.3, -0.25) is 14.4 Å². The molecule has 0 saturated carbocycles. The molecule has 0 aliphatic rings. The third-order valence-electron chi connectivity index (χ3n) is 2.41. The van der Waals surface area contributed by atoms with Crippen molar-refractivity contribution in [2.24, 2.45) is 17.2 Å². The van der Waals surface area contributed by atoms with Gasteiger partial charge >= 0.3 is 0 Å². The Bertz CT molecular complexity index is 611. The summed E-state index contributed by atoms with van der Waals surface area (Å²) in [5, 5.41) is 0. The van der Waals surface area contributed by atoms with Crippen LogP contribution in [-0.2, 0) is 9.59 Å². The molecule has 0 bridgehead atoms. The fraction of sp³-hybridized carbons (Fsp3) is 0.308. The molecule has 0 unspecified atom stereocenters. The van der Waals surface area contributed by atoms with Crippen LogP contribution in [0.4, 0.5) is 0 Å². The molecule has 0 radical (unpaired) electrons. The highest BCUT2D eigenvalue weighted by Crippen LogP contribution is 2.22. The smallest absolute Gasteiger partial charge is 0.264 e. The number of carbonyl (C=O) groups excluding carboxylic acids is 3. The molecule has 0 aliphatic heterocycles. The van der Waals surface area contributed by atoms with Crippen molar-refractivity contribution in [3.63, 3.8) is 0 Å². The van der Waals surface area contributed by atoms with E-state index in [0.29, 0.717) is 9.75 Å². The van der Waals surface area contributed by atoms with Crippen LogP contribution in [0.2, 0.25) is 0 Å². The van der Waals surface area contributed by atoms with Gasteiger partial charge in [-0.25, -0.2) is 0 Å². The Kier molecular flexibility index (Phi) is 5.90. The van der Waals surface area contributed by atoms with Crippen molar-refractivity contribution in [1.29, 1.82) is 0 Å². The van der Waals surface area contributed by atoms with Gasteiger partial charge in [0.25, 0.3) is 5.91 Å². The monoisotopic (exact) mass is 308 g/mol. The van der Waals surface area contributed by atoms with Gasteiger partial charge in [0.2, 0.25) is 11.8 Å². The van der Waals surface area contributed by atoms with E-state index in [9.17, 15) is 14.4 Å². The normalized spacial score (nSPS) is 9.62. The minimum Gasteiger partial charge on any atom is -0.368 e. The topological polar surface area (TPSA) is 133 Å². The SMILES string of the molecule is Cc1cc(C(=O)N(CC(N)=O)CC(N)=O)sc1C#CCN. The number of nitrogens with two attached hydrogens (primary N) is 3. The molecule has 0 aromatic carbocycles. The van der Waals surface area contributed by atoms with E-state index in [1.807, 2.05) is 0 Å². The molecule has 0 spiro atoms. The molecule has 0 saturated heterocycles. The fourth-order valence-electron chi connectivity index (χ4n) is 1.57. The van der Waals surface area contributed by atoms with E-state index in [1.165, 1.54) is 11.3 Å². The second-order valence-corrected chi connectivity index (χ2v) is 5.27. The summed E-state index contributed by atoms with van der Waals surface area (Å²) in [5.74, 6) is 3.64. The second kappa shape index (κ2) is 7.42. The summed E-state index contributed by atoms with van der Waals surface area (Å²) in [4.78, 5) is 36.3. The predicted molar refractivity (Wildman–Crippen MR) is 79.3 cm³/mol. The number of hydrogen-bond acceptors (Lipinski definition) is 5. The predicted octanol–water partition coefficient (Wildman–Crippen LogP) is -1.22. The van der Waals surface area contributed by atoms with Crippen molar-refractivity contribution in [2.45, 2.75) is 6.92 Å². The Morgan fingerprint density at radius 1 is 1.24 bits per heavy atom. The van der Waals surface area contributed by atoms with Crippen molar-refractivity contribution in [2.75, 3.05) is 19.6 Å². The van der Waals surface area contributed by atoms with E-state index < -0.39 is 17.7 Å². The number of carbonyl (C=O) groups is 3. The molecule has 1 aromatic heterocycles. The van der Waals surface area contributed by atoms with Gasteiger partial charge in [0.05, 0.1) is 16.3 Å². The molecule has 1 aromatic rings. The number of nitrogens with zero attached hydrogens (tertiary/aromatic N) is 1. The van der Waals surface area contributed by atoms with Crippen LogP contribution in [-0.4, -0.2) is 42.3 Å². The van der Waals surface area contributed by atoms with Crippen LogP contribution < -0.4 is 17.2 Å². The lowest BCUT2D eigenvalue weighted by Gasteiger charge is -2.18. The van der Waals surface area contributed by atoms with Gasteiger partial charge in [-0.2, -0.15) is 0 Å². The maximum atomic E-state index is 12.3. The Morgan fingerprint density at radius 2 is 1.81 bits per heavy atom. The van der Waals surface area contributed by atoms with Crippen molar-refractivity contribution >= 4 is 29.1 Å². The van der Waals surface area contributed by atoms with Crippen LogP contribution in [0.25, 0.3) is 0 Å². The molecule has 7 nitrogen and oxygen atoms in total. The van der Waals surface area contributed by atoms with Crippen molar-refractivity contribution in [1.82, 2.24) is 4.90 Å². The standard InChI is InChI=1S/C13H16N4O3S/c1-8-5-10(21-9(8)3-2-4-14)13(20)17(6-11(15)18)7-12(16)19/h5H,4,6-7,14H2,1H3,(H2,15,18)(H2,16,19). The molecule has 8 heteroatoms. The summed E-state index contributed by atoms with van der Waals surface area (Å²) in [5.41, 5.74) is 16.3. The average Bonchev–Trinajstić information content (AvgIpc) is 2.75. The Hall–Kier alpha value is -2.37. The van der Waals surface area contributed by atoms with Gasteiger partial charge in [-0.15, -0.1) is 11.3 Å². The zero-order valence-electron chi connectivity index (χ0n) is 11.5. The molecule has 0 atom stereocenters. The molecule has 6 N–H and O–H groups in total. The molecular weight excluding hydrogens is 292 g/mol. The first-order valence-electron chi connectivity index (χ1n) is 6.00. The molecule has 1 heterocycles. The molecule has 112 valence electrons. The average molecular weight is 308 g/mol. The van der Waals surface area contributed by atoms with Crippen molar-refractivity contribution < 1.29 is 14.4 Å². The highest BCUT2D eigenvalue weighted by molar-refractivity contribution is 7.14. The number of thiophene rings is 1. The highest BCUT2D eigenvalue weighted by Gasteiger charge is 2.21. The van der Waals surface area contributed by atoms with Crippen LogP contribution in [0.1, 0.15) is 20.1 Å². The van der Waals surface area contributed by atoms with Crippen LogP contribution in [0.3, 0.4) is 0 Å². The quantitative estimate of drug-likeness (QED) is 0.588. The summed E-state index contributed by atoms with van der Waals surface area (Å²) in [7, 11) is 0. The first-order chi connectivity index (χ1) is 9.85. The van der Waals surface area contributed by atoms with Crippen LogP contribution in [0.5, 0.6) is 0 Å². The number of amides is 3. The Morgan fingerprint density at radius 3 is 2.29 bits per heavy atom. The zero-order chi connectivity index (χ0) is 16.0. The van der Waals surface area contributed by atoms with Gasteiger partial charge in [0, 0.05) is 0 Å². The van der Waals surface area contributed by atoms with E-state index in [-0.39, 0.29) is 19.6 Å². The molecule has 21 heavy (non-hydrogen) atoms. The van der Waals surface area contributed by atoms with Gasteiger partial charge < -0.3 is 22.1 Å². The van der Waals surface area contributed by atoms with E-state index >= 15 is 0 Å². The Balaban J connectivity index is 3.03. The minimum atomic E-state index is -0.721. The number of primary amides is 2. The van der Waals surface area contributed by atoms with E-state index in [0.717, 1.165) is 10.5 Å². The number of rotatable bonds is 5. The third-order valence-corrected chi connectivity index (χ3v) is 3.55. The maximum Gasteiger partial charge on any atom is 0.264 e.